The van der Waals surface area contributed by atoms with Crippen LogP contribution in [-0.2, 0) is 9.53 Å². The molecule has 0 atom stereocenters. The average Bonchev–Trinajstić information content (AvgIpc) is 3.27. The molecule has 9 heteroatoms. The average molecular weight is 344 g/mol. The molecule has 1 saturated heterocycles. The number of aryl methyl sites for hydroxylation is 1. The lowest BCUT2D eigenvalue weighted by atomic mass is 10.1. The van der Waals surface area contributed by atoms with Crippen molar-refractivity contribution in [2.45, 2.75) is 25.7 Å². The molecule has 9 nitrogen and oxygen atoms in total. The van der Waals surface area contributed by atoms with Gasteiger partial charge in [0.05, 0.1) is 16.6 Å². The van der Waals surface area contributed by atoms with Crippen LogP contribution in [0.3, 0.4) is 0 Å². The molecule has 0 aromatic carbocycles. The molecule has 130 valence electrons. The van der Waals surface area contributed by atoms with Gasteiger partial charge in [-0.05, 0) is 25.8 Å². The molecule has 1 aliphatic carbocycles. The van der Waals surface area contributed by atoms with Crippen molar-refractivity contribution in [3.63, 3.8) is 0 Å². The highest BCUT2D eigenvalue weighted by Crippen LogP contribution is 2.40. The maximum absolute atomic E-state index is 12.5. The highest BCUT2D eigenvalue weighted by Gasteiger charge is 2.30. The van der Waals surface area contributed by atoms with Gasteiger partial charge in [-0.1, -0.05) is 5.16 Å². The zero-order valence-corrected chi connectivity index (χ0v) is 13.6. The number of hydrogen-bond donors (Lipinski definition) is 1. The monoisotopic (exact) mass is 344 g/mol. The fraction of sp³-hybridized carbons (Fsp3) is 0.438. The molecule has 1 saturated carbocycles. The number of carbonyl (C=O) groups excluding carboxylic acids is 3. The molecule has 3 amide bonds. The second kappa shape index (κ2) is 5.83. The predicted octanol–water partition coefficient (Wildman–Crippen LogP) is 1.12. The molecule has 4 rings (SSSR count). The molecule has 2 aliphatic rings. The predicted molar refractivity (Wildman–Crippen MR) is 83.9 cm³/mol. The summed E-state index contributed by atoms with van der Waals surface area (Å²) in [6.45, 7) is 1.87. The summed E-state index contributed by atoms with van der Waals surface area (Å²) in [5.74, 6) is -0.900. The van der Waals surface area contributed by atoms with E-state index in [1.807, 2.05) is 0 Å². The Hall–Kier alpha value is -2.97. The van der Waals surface area contributed by atoms with Crippen molar-refractivity contribution in [1.82, 2.24) is 20.4 Å². The maximum atomic E-state index is 12.5. The quantitative estimate of drug-likeness (QED) is 0.826. The van der Waals surface area contributed by atoms with Crippen LogP contribution in [0.5, 0.6) is 0 Å². The van der Waals surface area contributed by atoms with Crippen molar-refractivity contribution in [3.05, 3.63) is 23.0 Å². The molecular weight excluding hydrogens is 328 g/mol. The molecule has 1 N–H and O–H groups in total. The van der Waals surface area contributed by atoms with E-state index in [4.69, 9.17) is 9.26 Å². The third-order valence-electron chi connectivity index (χ3n) is 4.34. The summed E-state index contributed by atoms with van der Waals surface area (Å²) >= 11 is 0. The lowest BCUT2D eigenvalue weighted by molar-refractivity contribution is -0.130. The molecule has 3 heterocycles. The molecule has 0 radical (unpaired) electrons. The number of pyridine rings is 1. The zero-order valence-electron chi connectivity index (χ0n) is 13.6. The standard InChI is InChI=1S/C16H16N4O5/c1-8-13-10(6-11(9-2-3-9)18-14(13)25-19-8)15(22)24-7-12(21)20-5-4-17-16(20)23/h6,9H,2-5,7H2,1H3,(H,17,23). The summed E-state index contributed by atoms with van der Waals surface area (Å²) in [6.07, 6.45) is 2.03. The Bertz CT molecular complexity index is 886. The molecule has 2 aromatic rings. The van der Waals surface area contributed by atoms with Crippen LogP contribution in [0.4, 0.5) is 4.79 Å². The Labute approximate surface area is 142 Å². The molecule has 0 spiro atoms. The summed E-state index contributed by atoms with van der Waals surface area (Å²) in [7, 11) is 0. The number of urea groups is 1. The topological polar surface area (TPSA) is 115 Å². The van der Waals surface area contributed by atoms with E-state index in [0.717, 1.165) is 23.4 Å². The Morgan fingerprint density at radius 1 is 1.44 bits per heavy atom. The lowest BCUT2D eigenvalue weighted by Crippen LogP contribution is -2.37. The minimum absolute atomic E-state index is 0.269. The van der Waals surface area contributed by atoms with Crippen molar-refractivity contribution < 1.29 is 23.6 Å². The van der Waals surface area contributed by atoms with Crippen LogP contribution < -0.4 is 5.32 Å². The Morgan fingerprint density at radius 3 is 2.92 bits per heavy atom. The van der Waals surface area contributed by atoms with E-state index in [9.17, 15) is 14.4 Å². The van der Waals surface area contributed by atoms with Crippen molar-refractivity contribution in [1.29, 1.82) is 0 Å². The number of fused-ring (bicyclic) bond motifs is 1. The second-order valence-electron chi connectivity index (χ2n) is 6.17. The second-order valence-corrected chi connectivity index (χ2v) is 6.17. The van der Waals surface area contributed by atoms with E-state index in [2.05, 4.69) is 15.5 Å². The smallest absolute Gasteiger partial charge is 0.339 e. The van der Waals surface area contributed by atoms with Gasteiger partial charge in [-0.2, -0.15) is 0 Å². The number of imide groups is 1. The first kappa shape index (κ1) is 15.6. The molecule has 2 aromatic heterocycles. The number of amides is 3. The summed E-state index contributed by atoms with van der Waals surface area (Å²) < 4.78 is 10.3. The number of ether oxygens (including phenoxy) is 1. The van der Waals surface area contributed by atoms with E-state index in [1.165, 1.54) is 0 Å². The van der Waals surface area contributed by atoms with Crippen LogP contribution in [0.25, 0.3) is 11.1 Å². The van der Waals surface area contributed by atoms with E-state index in [1.54, 1.807) is 13.0 Å². The largest absolute Gasteiger partial charge is 0.452 e. The third kappa shape index (κ3) is 2.81. The minimum atomic E-state index is -0.659. The van der Waals surface area contributed by atoms with Gasteiger partial charge >= 0.3 is 12.0 Å². The van der Waals surface area contributed by atoms with Crippen molar-refractivity contribution in [2.75, 3.05) is 19.7 Å². The molecule has 0 unspecified atom stereocenters. The number of hydrogen-bond acceptors (Lipinski definition) is 7. The van der Waals surface area contributed by atoms with Crippen LogP contribution in [-0.4, -0.2) is 52.6 Å². The number of aromatic nitrogens is 2. The van der Waals surface area contributed by atoms with Gasteiger partial charge in [0.25, 0.3) is 11.6 Å². The van der Waals surface area contributed by atoms with E-state index in [-0.39, 0.29) is 12.1 Å². The number of esters is 1. The van der Waals surface area contributed by atoms with E-state index >= 15 is 0 Å². The molecular formula is C16H16N4O5. The Morgan fingerprint density at radius 2 is 2.24 bits per heavy atom. The van der Waals surface area contributed by atoms with Gasteiger partial charge < -0.3 is 14.6 Å². The number of carbonyl (C=O) groups is 3. The number of nitrogens with zero attached hydrogens (tertiary/aromatic N) is 3. The summed E-state index contributed by atoms with van der Waals surface area (Å²) in [5, 5.41) is 6.86. The summed E-state index contributed by atoms with van der Waals surface area (Å²) in [5.41, 5.74) is 1.87. The molecule has 1 aliphatic heterocycles. The lowest BCUT2D eigenvalue weighted by Gasteiger charge is -2.12. The van der Waals surface area contributed by atoms with E-state index in [0.29, 0.717) is 29.3 Å². The maximum Gasteiger partial charge on any atom is 0.339 e. The SMILES string of the molecule is Cc1noc2nc(C3CC3)cc(C(=O)OCC(=O)N3CCNC3=O)c12. The summed E-state index contributed by atoms with van der Waals surface area (Å²) in [4.78, 5) is 41.4. The van der Waals surface area contributed by atoms with Crippen LogP contribution >= 0.6 is 0 Å². The van der Waals surface area contributed by atoms with Crippen LogP contribution in [0, 0.1) is 6.92 Å². The van der Waals surface area contributed by atoms with Gasteiger partial charge in [-0.15, -0.1) is 0 Å². The van der Waals surface area contributed by atoms with Gasteiger partial charge in [-0.25, -0.2) is 14.6 Å². The number of rotatable bonds is 4. The van der Waals surface area contributed by atoms with Crippen LogP contribution in [0.2, 0.25) is 0 Å². The molecule has 2 fully saturated rings. The third-order valence-corrected chi connectivity index (χ3v) is 4.34. The van der Waals surface area contributed by atoms with Gasteiger partial charge in [0.2, 0.25) is 0 Å². The Balaban J connectivity index is 1.56. The van der Waals surface area contributed by atoms with Crippen LogP contribution in [0.1, 0.15) is 40.5 Å². The first-order chi connectivity index (χ1) is 12.0. The highest BCUT2D eigenvalue weighted by molar-refractivity contribution is 6.04. The Kier molecular flexibility index (Phi) is 3.63. The summed E-state index contributed by atoms with van der Waals surface area (Å²) in [6, 6.07) is 1.21. The van der Waals surface area contributed by atoms with Gasteiger partial charge in [0, 0.05) is 24.7 Å². The van der Waals surface area contributed by atoms with E-state index < -0.39 is 24.5 Å². The fourth-order valence-corrected chi connectivity index (χ4v) is 2.86. The first-order valence-electron chi connectivity index (χ1n) is 8.07. The van der Waals surface area contributed by atoms with Gasteiger partial charge in [0.15, 0.2) is 6.61 Å². The number of nitrogens with one attached hydrogen (secondary N) is 1. The zero-order chi connectivity index (χ0) is 17.6. The fourth-order valence-electron chi connectivity index (χ4n) is 2.86. The van der Waals surface area contributed by atoms with Gasteiger partial charge in [0.1, 0.15) is 0 Å². The van der Waals surface area contributed by atoms with Crippen LogP contribution in [0.15, 0.2) is 10.6 Å². The molecule has 25 heavy (non-hydrogen) atoms. The van der Waals surface area contributed by atoms with Crippen molar-refractivity contribution >= 4 is 29.0 Å². The van der Waals surface area contributed by atoms with Crippen molar-refractivity contribution in [2.24, 2.45) is 0 Å². The normalized spacial score (nSPS) is 17.0. The highest BCUT2D eigenvalue weighted by atomic mass is 16.5. The van der Waals surface area contributed by atoms with Gasteiger partial charge in [-0.3, -0.25) is 9.69 Å². The van der Waals surface area contributed by atoms with Crippen molar-refractivity contribution in [3.8, 4) is 0 Å². The molecule has 0 bridgehead atoms. The minimum Gasteiger partial charge on any atom is -0.452 e. The first-order valence-corrected chi connectivity index (χ1v) is 8.07.